The van der Waals surface area contributed by atoms with E-state index in [0.717, 1.165) is 22.5 Å². The van der Waals surface area contributed by atoms with Gasteiger partial charge in [0.05, 0.1) is 11.4 Å². The van der Waals surface area contributed by atoms with Crippen LogP contribution in [-0.2, 0) is 4.79 Å². The molecule has 1 amide bonds. The molecule has 1 unspecified atom stereocenters. The molecule has 2 aromatic heterocycles. The van der Waals surface area contributed by atoms with Gasteiger partial charge in [0.25, 0.3) is 5.91 Å². The Balaban J connectivity index is 1.81. The number of anilines is 1. The summed E-state index contributed by atoms with van der Waals surface area (Å²) >= 11 is 0. The fourth-order valence-electron chi connectivity index (χ4n) is 2.66. The third-order valence-electron chi connectivity index (χ3n) is 3.88. The zero-order chi connectivity index (χ0) is 15.3. The molecular weight excluding hydrogens is 278 g/mol. The van der Waals surface area contributed by atoms with Gasteiger partial charge in [-0.25, -0.2) is 4.98 Å². The van der Waals surface area contributed by atoms with Crippen LogP contribution in [0.1, 0.15) is 12.5 Å². The Labute approximate surface area is 127 Å². The number of aromatic nitrogens is 2. The van der Waals surface area contributed by atoms with E-state index in [4.69, 9.17) is 4.74 Å². The summed E-state index contributed by atoms with van der Waals surface area (Å²) in [5, 5.41) is 2.87. The van der Waals surface area contributed by atoms with E-state index in [-0.39, 0.29) is 5.91 Å². The van der Waals surface area contributed by atoms with Crippen LogP contribution in [0.4, 0.5) is 5.69 Å². The summed E-state index contributed by atoms with van der Waals surface area (Å²) in [4.78, 5) is 16.4. The highest BCUT2D eigenvalue weighted by Crippen LogP contribution is 2.33. The first-order valence-corrected chi connectivity index (χ1v) is 7.18. The summed E-state index contributed by atoms with van der Waals surface area (Å²) in [6, 6.07) is 9.76. The third-order valence-corrected chi connectivity index (χ3v) is 3.88. The van der Waals surface area contributed by atoms with Gasteiger partial charge in [-0.15, -0.1) is 0 Å². The lowest BCUT2D eigenvalue weighted by molar-refractivity contribution is -0.122. The molecule has 3 heterocycles. The summed E-state index contributed by atoms with van der Waals surface area (Å²) in [5.41, 5.74) is 4.56. The zero-order valence-electron chi connectivity index (χ0n) is 12.3. The number of pyridine rings is 1. The van der Waals surface area contributed by atoms with Crippen molar-refractivity contribution >= 4 is 17.2 Å². The molecular formula is C17H15N3O2. The summed E-state index contributed by atoms with van der Waals surface area (Å²) in [7, 11) is 0. The smallest absolute Gasteiger partial charge is 0.265 e. The van der Waals surface area contributed by atoms with Crippen molar-refractivity contribution < 1.29 is 9.53 Å². The summed E-state index contributed by atoms with van der Waals surface area (Å²) in [6.45, 7) is 3.77. The van der Waals surface area contributed by atoms with Crippen LogP contribution in [0.3, 0.4) is 0 Å². The van der Waals surface area contributed by atoms with Crippen LogP contribution < -0.4 is 10.1 Å². The van der Waals surface area contributed by atoms with E-state index in [9.17, 15) is 4.79 Å². The third kappa shape index (κ3) is 1.94. The van der Waals surface area contributed by atoms with Gasteiger partial charge in [-0.05, 0) is 43.7 Å². The second-order valence-electron chi connectivity index (χ2n) is 5.51. The standard InChI is InChI=1S/C17H15N3O2/c1-10-4-3-7-20-9-14(18-16(10)20)12-5-6-15-13(8-12)19-17(21)11(2)22-15/h3-9,11H,1-2H3,(H,19,21). The van der Waals surface area contributed by atoms with Crippen LogP contribution >= 0.6 is 0 Å². The molecule has 4 rings (SSSR count). The zero-order valence-corrected chi connectivity index (χ0v) is 12.3. The highest BCUT2D eigenvalue weighted by atomic mass is 16.5. The van der Waals surface area contributed by atoms with Crippen molar-refractivity contribution in [2.75, 3.05) is 5.32 Å². The molecule has 0 fully saturated rings. The number of nitrogens with one attached hydrogen (secondary N) is 1. The van der Waals surface area contributed by atoms with Crippen LogP contribution in [0.15, 0.2) is 42.7 Å². The molecule has 0 aliphatic carbocycles. The molecule has 3 aromatic rings. The maximum Gasteiger partial charge on any atom is 0.265 e. The van der Waals surface area contributed by atoms with Crippen LogP contribution in [-0.4, -0.2) is 21.4 Å². The minimum atomic E-state index is -0.462. The Morgan fingerprint density at radius 1 is 1.32 bits per heavy atom. The number of carbonyl (C=O) groups excluding carboxylic acids is 1. The Morgan fingerprint density at radius 3 is 3.00 bits per heavy atom. The number of hydrogen-bond acceptors (Lipinski definition) is 3. The molecule has 1 aliphatic rings. The minimum Gasteiger partial charge on any atom is -0.479 e. The molecule has 5 nitrogen and oxygen atoms in total. The molecule has 0 saturated carbocycles. The molecule has 110 valence electrons. The van der Waals surface area contributed by atoms with Gasteiger partial charge in [0, 0.05) is 18.0 Å². The molecule has 0 radical (unpaired) electrons. The predicted molar refractivity (Wildman–Crippen MR) is 84.1 cm³/mol. The summed E-state index contributed by atoms with van der Waals surface area (Å²) in [5.74, 6) is 0.561. The van der Waals surface area contributed by atoms with Crippen molar-refractivity contribution in [1.29, 1.82) is 0 Å². The maximum absolute atomic E-state index is 11.7. The van der Waals surface area contributed by atoms with Crippen molar-refractivity contribution in [2.45, 2.75) is 20.0 Å². The van der Waals surface area contributed by atoms with Crippen molar-refractivity contribution in [3.63, 3.8) is 0 Å². The normalized spacial score (nSPS) is 17.0. The topological polar surface area (TPSA) is 55.6 Å². The number of hydrogen-bond donors (Lipinski definition) is 1. The Bertz CT molecular complexity index is 898. The van der Waals surface area contributed by atoms with Crippen molar-refractivity contribution in [1.82, 2.24) is 9.38 Å². The summed E-state index contributed by atoms with van der Waals surface area (Å²) in [6.07, 6.45) is 3.50. The Hall–Kier alpha value is -2.82. The van der Waals surface area contributed by atoms with Gasteiger partial charge >= 0.3 is 0 Å². The lowest BCUT2D eigenvalue weighted by Crippen LogP contribution is -2.34. The van der Waals surface area contributed by atoms with Crippen LogP contribution in [0.5, 0.6) is 5.75 Å². The van der Waals surface area contributed by atoms with Crippen LogP contribution in [0.2, 0.25) is 0 Å². The number of benzene rings is 1. The molecule has 1 atom stereocenters. The monoisotopic (exact) mass is 293 g/mol. The quantitative estimate of drug-likeness (QED) is 0.750. The van der Waals surface area contributed by atoms with Gasteiger partial charge in [0.1, 0.15) is 11.4 Å². The number of imidazole rings is 1. The molecule has 1 aromatic carbocycles. The van der Waals surface area contributed by atoms with Gasteiger partial charge in [0.2, 0.25) is 0 Å². The van der Waals surface area contributed by atoms with Gasteiger partial charge < -0.3 is 14.5 Å². The van der Waals surface area contributed by atoms with Crippen molar-refractivity contribution in [2.24, 2.45) is 0 Å². The Morgan fingerprint density at radius 2 is 2.18 bits per heavy atom. The van der Waals surface area contributed by atoms with E-state index in [1.54, 1.807) is 6.92 Å². The second kappa shape index (κ2) is 4.59. The molecule has 0 spiro atoms. The summed E-state index contributed by atoms with van der Waals surface area (Å²) < 4.78 is 7.58. The minimum absolute atomic E-state index is 0.129. The average Bonchev–Trinajstić information content (AvgIpc) is 2.94. The van der Waals surface area contributed by atoms with Gasteiger partial charge in [-0.3, -0.25) is 4.79 Å². The number of rotatable bonds is 1. The van der Waals surface area contributed by atoms with Gasteiger partial charge in [0.15, 0.2) is 6.10 Å². The second-order valence-corrected chi connectivity index (χ2v) is 5.51. The number of carbonyl (C=O) groups is 1. The lowest BCUT2D eigenvalue weighted by atomic mass is 10.1. The van der Waals surface area contributed by atoms with E-state index in [1.165, 1.54) is 0 Å². The number of ether oxygens (including phenoxy) is 1. The van der Waals surface area contributed by atoms with Gasteiger partial charge in [-0.1, -0.05) is 6.07 Å². The van der Waals surface area contributed by atoms with Gasteiger partial charge in [-0.2, -0.15) is 0 Å². The van der Waals surface area contributed by atoms with Crippen molar-refractivity contribution in [3.05, 3.63) is 48.3 Å². The fraction of sp³-hybridized carbons (Fsp3) is 0.176. The first-order chi connectivity index (χ1) is 10.6. The molecule has 1 aliphatic heterocycles. The van der Waals surface area contributed by atoms with E-state index < -0.39 is 6.10 Å². The lowest BCUT2D eigenvalue weighted by Gasteiger charge is -2.23. The van der Waals surface area contributed by atoms with E-state index in [2.05, 4.69) is 10.3 Å². The molecule has 0 saturated heterocycles. The number of aryl methyl sites for hydroxylation is 1. The maximum atomic E-state index is 11.7. The Kier molecular flexibility index (Phi) is 2.69. The van der Waals surface area contributed by atoms with Crippen molar-refractivity contribution in [3.8, 4) is 17.0 Å². The number of fused-ring (bicyclic) bond motifs is 2. The molecule has 1 N–H and O–H groups in total. The molecule has 0 bridgehead atoms. The number of nitrogens with zero attached hydrogens (tertiary/aromatic N) is 2. The van der Waals surface area contributed by atoms with E-state index >= 15 is 0 Å². The van der Waals surface area contributed by atoms with E-state index in [0.29, 0.717) is 11.4 Å². The van der Waals surface area contributed by atoms with Crippen LogP contribution in [0, 0.1) is 6.92 Å². The first-order valence-electron chi connectivity index (χ1n) is 7.18. The molecule has 5 heteroatoms. The van der Waals surface area contributed by atoms with E-state index in [1.807, 2.05) is 54.0 Å². The average molecular weight is 293 g/mol. The fourth-order valence-corrected chi connectivity index (χ4v) is 2.66. The first kappa shape index (κ1) is 12.9. The van der Waals surface area contributed by atoms with Crippen LogP contribution in [0.25, 0.3) is 16.9 Å². The SMILES string of the molecule is Cc1cccn2cc(-c3ccc4c(c3)NC(=O)C(C)O4)nc12. The largest absolute Gasteiger partial charge is 0.479 e. The number of amides is 1. The molecule has 22 heavy (non-hydrogen) atoms. The highest BCUT2D eigenvalue weighted by molar-refractivity contribution is 5.98. The highest BCUT2D eigenvalue weighted by Gasteiger charge is 2.23. The predicted octanol–water partition coefficient (Wildman–Crippen LogP) is 3.03.